The second-order valence-corrected chi connectivity index (χ2v) is 2.48. The van der Waals surface area contributed by atoms with Crippen LogP contribution in [0.1, 0.15) is 10.4 Å². The number of rotatable bonds is 2. The zero-order chi connectivity index (χ0) is 10.0. The highest BCUT2D eigenvalue weighted by atomic mass is 16.4. The van der Waals surface area contributed by atoms with Gasteiger partial charge in [0, 0.05) is 11.4 Å². The number of hydrogen-bond donors (Lipinski definition) is 3. The largest absolute Gasteiger partial charge is 0.475 e. The summed E-state index contributed by atoms with van der Waals surface area (Å²) in [6, 6.07) is 4.13. The molecule has 0 heterocycles. The number of nitrogens with two attached hydrogens (primary N) is 2. The Morgan fingerprint density at radius 1 is 1.23 bits per heavy atom. The summed E-state index contributed by atoms with van der Waals surface area (Å²) in [5.74, 6) is -2.60. The summed E-state index contributed by atoms with van der Waals surface area (Å²) < 4.78 is 0. The molecule has 0 atom stereocenters. The lowest BCUT2D eigenvalue weighted by Gasteiger charge is -2.01. The molecule has 0 saturated carbocycles. The van der Waals surface area contributed by atoms with Crippen LogP contribution >= 0.6 is 0 Å². The van der Waals surface area contributed by atoms with Crippen LogP contribution in [0.15, 0.2) is 18.2 Å². The van der Waals surface area contributed by atoms with Crippen molar-refractivity contribution in [1.29, 1.82) is 0 Å². The first-order valence-corrected chi connectivity index (χ1v) is 3.45. The average molecular weight is 180 g/mol. The van der Waals surface area contributed by atoms with Gasteiger partial charge < -0.3 is 16.6 Å². The summed E-state index contributed by atoms with van der Waals surface area (Å²) in [6.07, 6.45) is 0. The SMILES string of the molecule is Nc1ccc(N)c(C(=O)C(=O)O)c1. The number of carboxylic acids is 1. The van der Waals surface area contributed by atoms with Gasteiger partial charge in [-0.1, -0.05) is 0 Å². The minimum Gasteiger partial charge on any atom is -0.475 e. The highest BCUT2D eigenvalue weighted by Gasteiger charge is 2.17. The third-order valence-electron chi connectivity index (χ3n) is 1.52. The van der Waals surface area contributed by atoms with Crippen LogP contribution in [-0.2, 0) is 4.79 Å². The first-order chi connectivity index (χ1) is 6.02. The van der Waals surface area contributed by atoms with Crippen LogP contribution in [0.4, 0.5) is 11.4 Å². The third-order valence-corrected chi connectivity index (χ3v) is 1.52. The average Bonchev–Trinajstić information content (AvgIpc) is 2.08. The van der Waals surface area contributed by atoms with E-state index < -0.39 is 11.8 Å². The van der Waals surface area contributed by atoms with Gasteiger partial charge in [0.15, 0.2) is 0 Å². The number of ketones is 1. The van der Waals surface area contributed by atoms with Crippen molar-refractivity contribution in [2.45, 2.75) is 0 Å². The van der Waals surface area contributed by atoms with E-state index in [1.165, 1.54) is 18.2 Å². The molecule has 0 aliphatic carbocycles. The van der Waals surface area contributed by atoms with Crippen molar-refractivity contribution < 1.29 is 14.7 Å². The maximum atomic E-state index is 11.0. The molecule has 0 aliphatic rings. The first-order valence-electron chi connectivity index (χ1n) is 3.45. The zero-order valence-corrected chi connectivity index (χ0v) is 6.65. The van der Waals surface area contributed by atoms with Gasteiger partial charge in [0.1, 0.15) is 0 Å². The summed E-state index contributed by atoms with van der Waals surface area (Å²) in [4.78, 5) is 21.3. The van der Waals surface area contributed by atoms with E-state index in [-0.39, 0.29) is 11.3 Å². The fourth-order valence-corrected chi connectivity index (χ4v) is 0.886. The van der Waals surface area contributed by atoms with Crippen molar-refractivity contribution in [2.24, 2.45) is 0 Å². The van der Waals surface area contributed by atoms with Crippen molar-refractivity contribution in [1.82, 2.24) is 0 Å². The summed E-state index contributed by atoms with van der Waals surface area (Å²) in [5.41, 5.74) is 11.1. The predicted molar refractivity (Wildman–Crippen MR) is 47.2 cm³/mol. The molecular formula is C8H8N2O3. The molecule has 5 nitrogen and oxygen atoms in total. The monoisotopic (exact) mass is 180 g/mol. The molecule has 0 amide bonds. The molecule has 1 rings (SSSR count). The van der Waals surface area contributed by atoms with Gasteiger partial charge in [-0.3, -0.25) is 4.79 Å². The van der Waals surface area contributed by atoms with E-state index in [2.05, 4.69) is 0 Å². The molecule has 5 N–H and O–H groups in total. The Labute approximate surface area is 74.0 Å². The van der Waals surface area contributed by atoms with Gasteiger partial charge in [0.2, 0.25) is 0 Å². The van der Waals surface area contributed by atoms with E-state index in [1.54, 1.807) is 0 Å². The van der Waals surface area contributed by atoms with Crippen LogP contribution < -0.4 is 11.5 Å². The van der Waals surface area contributed by atoms with Crippen LogP contribution in [0.25, 0.3) is 0 Å². The Morgan fingerprint density at radius 2 is 1.85 bits per heavy atom. The fraction of sp³-hybridized carbons (Fsp3) is 0. The number of anilines is 2. The summed E-state index contributed by atoms with van der Waals surface area (Å²) in [7, 11) is 0. The molecule has 0 aliphatic heterocycles. The molecule has 13 heavy (non-hydrogen) atoms. The van der Waals surface area contributed by atoms with Crippen molar-refractivity contribution in [3.63, 3.8) is 0 Å². The second kappa shape index (κ2) is 3.14. The summed E-state index contributed by atoms with van der Waals surface area (Å²) in [5, 5.41) is 8.40. The van der Waals surface area contributed by atoms with E-state index >= 15 is 0 Å². The first kappa shape index (κ1) is 9.05. The third kappa shape index (κ3) is 1.76. The number of benzene rings is 1. The quantitative estimate of drug-likeness (QED) is 0.340. The number of carbonyl (C=O) groups excluding carboxylic acids is 1. The lowest BCUT2D eigenvalue weighted by Crippen LogP contribution is -2.14. The number of hydrogen-bond acceptors (Lipinski definition) is 4. The van der Waals surface area contributed by atoms with Gasteiger partial charge in [0.05, 0.1) is 5.56 Å². The molecular weight excluding hydrogens is 172 g/mol. The van der Waals surface area contributed by atoms with Gasteiger partial charge in [0.25, 0.3) is 5.78 Å². The molecule has 1 aromatic carbocycles. The van der Waals surface area contributed by atoms with Gasteiger partial charge >= 0.3 is 5.97 Å². The molecule has 0 radical (unpaired) electrons. The number of aliphatic carboxylic acids is 1. The summed E-state index contributed by atoms with van der Waals surface area (Å²) in [6.45, 7) is 0. The molecule has 1 aromatic rings. The number of Topliss-reactive ketones (excluding diaryl/α,β-unsaturated/α-hetero) is 1. The standard InChI is InChI=1S/C8H8N2O3/c9-4-1-2-6(10)5(3-4)7(11)8(12)13/h1-3H,9-10H2,(H,12,13). The highest BCUT2D eigenvalue weighted by Crippen LogP contribution is 2.15. The highest BCUT2D eigenvalue weighted by molar-refractivity contribution is 6.41. The van der Waals surface area contributed by atoms with E-state index in [9.17, 15) is 9.59 Å². The normalized spacial score (nSPS) is 9.54. The fourth-order valence-electron chi connectivity index (χ4n) is 0.886. The number of carbonyl (C=O) groups is 2. The number of nitrogen functional groups attached to an aromatic ring is 2. The maximum absolute atomic E-state index is 11.0. The van der Waals surface area contributed by atoms with Crippen molar-refractivity contribution in [3.05, 3.63) is 23.8 Å². The van der Waals surface area contributed by atoms with Crippen LogP contribution in [0.3, 0.4) is 0 Å². The van der Waals surface area contributed by atoms with Crippen molar-refractivity contribution >= 4 is 23.1 Å². The molecule has 0 bridgehead atoms. The van der Waals surface area contributed by atoms with Crippen molar-refractivity contribution in [3.8, 4) is 0 Å². The molecule has 0 fully saturated rings. The Balaban J connectivity index is 3.21. The Hall–Kier alpha value is -2.04. The zero-order valence-electron chi connectivity index (χ0n) is 6.65. The Kier molecular flexibility index (Phi) is 2.19. The Bertz CT molecular complexity index is 374. The maximum Gasteiger partial charge on any atom is 0.377 e. The molecule has 0 spiro atoms. The Morgan fingerprint density at radius 3 is 2.38 bits per heavy atom. The van der Waals surface area contributed by atoms with E-state index in [4.69, 9.17) is 16.6 Å². The van der Waals surface area contributed by atoms with Gasteiger partial charge in [-0.05, 0) is 18.2 Å². The molecule has 0 saturated heterocycles. The van der Waals surface area contributed by atoms with E-state index in [0.717, 1.165) is 0 Å². The lowest BCUT2D eigenvalue weighted by atomic mass is 10.1. The van der Waals surface area contributed by atoms with Crippen LogP contribution in [-0.4, -0.2) is 16.9 Å². The van der Waals surface area contributed by atoms with E-state index in [1.807, 2.05) is 0 Å². The van der Waals surface area contributed by atoms with Gasteiger partial charge in [-0.15, -0.1) is 0 Å². The smallest absolute Gasteiger partial charge is 0.377 e. The van der Waals surface area contributed by atoms with Gasteiger partial charge in [-0.25, -0.2) is 4.79 Å². The van der Waals surface area contributed by atoms with Gasteiger partial charge in [-0.2, -0.15) is 0 Å². The van der Waals surface area contributed by atoms with Crippen LogP contribution in [0.2, 0.25) is 0 Å². The van der Waals surface area contributed by atoms with Crippen LogP contribution in [0, 0.1) is 0 Å². The minimum absolute atomic E-state index is 0.0764. The lowest BCUT2D eigenvalue weighted by molar-refractivity contribution is -0.131. The van der Waals surface area contributed by atoms with E-state index in [0.29, 0.717) is 5.69 Å². The molecule has 68 valence electrons. The summed E-state index contributed by atoms with van der Waals surface area (Å²) >= 11 is 0. The predicted octanol–water partition coefficient (Wildman–Crippen LogP) is 0.118. The van der Waals surface area contributed by atoms with Crippen LogP contribution in [0.5, 0.6) is 0 Å². The second-order valence-electron chi connectivity index (χ2n) is 2.48. The van der Waals surface area contributed by atoms with Crippen molar-refractivity contribution in [2.75, 3.05) is 11.5 Å². The minimum atomic E-state index is -1.54. The molecule has 5 heteroatoms. The molecule has 0 aromatic heterocycles. The topological polar surface area (TPSA) is 106 Å². The molecule has 0 unspecified atom stereocenters. The number of carboxylic acid groups (broad SMARTS) is 1.